The van der Waals surface area contributed by atoms with Gasteiger partial charge in [-0.05, 0) is 30.9 Å². The van der Waals surface area contributed by atoms with Crippen molar-refractivity contribution in [2.45, 2.75) is 25.5 Å². The van der Waals surface area contributed by atoms with Crippen LogP contribution in [0, 0.1) is 0 Å². The van der Waals surface area contributed by atoms with E-state index < -0.39 is 0 Å². The maximum absolute atomic E-state index is 5.78. The van der Waals surface area contributed by atoms with Crippen LogP contribution in [0.15, 0.2) is 31.0 Å². The van der Waals surface area contributed by atoms with Crippen molar-refractivity contribution in [1.29, 1.82) is 0 Å². The molecule has 1 aliphatic rings. The number of rotatable bonds is 2. The van der Waals surface area contributed by atoms with E-state index in [-0.39, 0.29) is 6.23 Å². The van der Waals surface area contributed by atoms with Gasteiger partial charge in [-0.3, -0.25) is 0 Å². The van der Waals surface area contributed by atoms with Crippen LogP contribution in [0.25, 0.3) is 17.0 Å². The van der Waals surface area contributed by atoms with Gasteiger partial charge in [-0.1, -0.05) is 24.8 Å². The summed E-state index contributed by atoms with van der Waals surface area (Å²) in [6.07, 6.45) is 7.30. The molecule has 1 atom stereocenters. The minimum absolute atomic E-state index is 0.0984. The van der Waals surface area contributed by atoms with Gasteiger partial charge in [0.15, 0.2) is 6.23 Å². The van der Waals surface area contributed by atoms with Crippen LogP contribution in [-0.2, 0) is 4.74 Å². The van der Waals surface area contributed by atoms with Crippen molar-refractivity contribution < 1.29 is 4.74 Å². The van der Waals surface area contributed by atoms with Gasteiger partial charge in [-0.25, -0.2) is 4.68 Å². The molecule has 1 saturated heterocycles. The fourth-order valence-corrected chi connectivity index (χ4v) is 2.42. The molecule has 3 rings (SSSR count). The van der Waals surface area contributed by atoms with Crippen LogP contribution in [-0.4, -0.2) is 16.4 Å². The Morgan fingerprint density at radius 2 is 2.35 bits per heavy atom. The van der Waals surface area contributed by atoms with Crippen LogP contribution >= 0.6 is 0 Å². The van der Waals surface area contributed by atoms with Crippen LogP contribution in [0.1, 0.15) is 31.1 Å². The highest BCUT2D eigenvalue weighted by atomic mass is 16.5. The lowest BCUT2D eigenvalue weighted by molar-refractivity contribution is -0.0366. The van der Waals surface area contributed by atoms with Crippen molar-refractivity contribution in [3.8, 4) is 0 Å². The zero-order valence-corrected chi connectivity index (χ0v) is 9.80. The van der Waals surface area contributed by atoms with Crippen molar-refractivity contribution in [2.75, 3.05) is 6.61 Å². The van der Waals surface area contributed by atoms with E-state index in [4.69, 9.17) is 4.74 Å². The summed E-state index contributed by atoms with van der Waals surface area (Å²) < 4.78 is 7.78. The van der Waals surface area contributed by atoms with E-state index in [1.54, 1.807) is 0 Å². The highest BCUT2D eigenvalue weighted by Crippen LogP contribution is 2.27. The van der Waals surface area contributed by atoms with Gasteiger partial charge in [-0.15, -0.1) is 0 Å². The number of aromatic nitrogens is 2. The molecule has 88 valence electrons. The summed E-state index contributed by atoms with van der Waals surface area (Å²) in [7, 11) is 0. The molecule has 1 aromatic heterocycles. The van der Waals surface area contributed by atoms with E-state index in [2.05, 4.69) is 23.8 Å². The summed E-state index contributed by atoms with van der Waals surface area (Å²) >= 11 is 0. The van der Waals surface area contributed by atoms with Crippen LogP contribution in [0.5, 0.6) is 0 Å². The van der Waals surface area contributed by atoms with E-state index in [9.17, 15) is 0 Å². The summed E-state index contributed by atoms with van der Waals surface area (Å²) in [4.78, 5) is 0. The predicted molar refractivity (Wildman–Crippen MR) is 68.7 cm³/mol. The molecule has 1 unspecified atom stereocenters. The number of hydrogen-bond donors (Lipinski definition) is 0. The van der Waals surface area contributed by atoms with Crippen LogP contribution in [0.3, 0.4) is 0 Å². The lowest BCUT2D eigenvalue weighted by atomic mass is 10.1. The van der Waals surface area contributed by atoms with E-state index in [1.165, 1.54) is 6.42 Å². The molecule has 1 aliphatic heterocycles. The highest BCUT2D eigenvalue weighted by molar-refractivity contribution is 5.87. The third-order valence-corrected chi connectivity index (χ3v) is 3.32. The molecule has 17 heavy (non-hydrogen) atoms. The van der Waals surface area contributed by atoms with Gasteiger partial charge in [0.25, 0.3) is 0 Å². The Balaban J connectivity index is 2.08. The zero-order valence-electron chi connectivity index (χ0n) is 9.80. The molecule has 2 aromatic rings. The Morgan fingerprint density at radius 3 is 3.12 bits per heavy atom. The number of nitrogens with zero attached hydrogens (tertiary/aromatic N) is 2. The highest BCUT2D eigenvalue weighted by Gasteiger charge is 2.18. The lowest BCUT2D eigenvalue weighted by Crippen LogP contribution is -2.18. The molecule has 2 heterocycles. The van der Waals surface area contributed by atoms with Gasteiger partial charge >= 0.3 is 0 Å². The van der Waals surface area contributed by atoms with Gasteiger partial charge < -0.3 is 4.74 Å². The molecule has 0 amide bonds. The molecule has 3 nitrogen and oxygen atoms in total. The Hall–Kier alpha value is -1.61. The summed E-state index contributed by atoms with van der Waals surface area (Å²) in [5, 5.41) is 5.62. The van der Waals surface area contributed by atoms with E-state index >= 15 is 0 Å². The second-order valence-electron chi connectivity index (χ2n) is 4.39. The van der Waals surface area contributed by atoms with E-state index in [0.29, 0.717) is 0 Å². The van der Waals surface area contributed by atoms with Crippen molar-refractivity contribution in [3.05, 3.63) is 36.5 Å². The number of ether oxygens (including phenoxy) is 1. The van der Waals surface area contributed by atoms with Crippen LogP contribution in [0.2, 0.25) is 0 Å². The summed E-state index contributed by atoms with van der Waals surface area (Å²) in [6.45, 7) is 4.67. The SMILES string of the molecule is C=Cc1cccc2c1cnn2C1CCCCO1. The normalized spacial score (nSPS) is 20.6. The zero-order chi connectivity index (χ0) is 11.7. The van der Waals surface area contributed by atoms with E-state index in [0.717, 1.165) is 35.9 Å². The van der Waals surface area contributed by atoms with Crippen molar-refractivity contribution in [1.82, 2.24) is 9.78 Å². The molecule has 1 aromatic carbocycles. The molecular formula is C14H16N2O. The Labute approximate surface area is 101 Å². The Bertz CT molecular complexity index is 538. The fraction of sp³-hybridized carbons (Fsp3) is 0.357. The molecule has 0 saturated carbocycles. The smallest absolute Gasteiger partial charge is 0.150 e. The minimum Gasteiger partial charge on any atom is -0.356 e. The van der Waals surface area contributed by atoms with Crippen molar-refractivity contribution in [3.63, 3.8) is 0 Å². The summed E-state index contributed by atoms with van der Waals surface area (Å²) in [5.74, 6) is 0. The average molecular weight is 228 g/mol. The molecule has 0 N–H and O–H groups in total. The van der Waals surface area contributed by atoms with Gasteiger partial charge in [0.1, 0.15) is 0 Å². The number of hydrogen-bond acceptors (Lipinski definition) is 2. The maximum Gasteiger partial charge on any atom is 0.150 e. The molecule has 3 heteroatoms. The number of fused-ring (bicyclic) bond motifs is 1. The largest absolute Gasteiger partial charge is 0.356 e. The molecule has 1 fully saturated rings. The van der Waals surface area contributed by atoms with Crippen LogP contribution < -0.4 is 0 Å². The lowest BCUT2D eigenvalue weighted by Gasteiger charge is -2.23. The average Bonchev–Trinajstić information content (AvgIpc) is 2.83. The first-order chi connectivity index (χ1) is 8.40. The molecular weight excluding hydrogens is 212 g/mol. The van der Waals surface area contributed by atoms with Gasteiger partial charge in [-0.2, -0.15) is 5.10 Å². The predicted octanol–water partition coefficient (Wildman–Crippen LogP) is 3.38. The molecule has 0 radical (unpaired) electrons. The molecule has 0 bridgehead atoms. The molecule has 0 spiro atoms. The van der Waals surface area contributed by atoms with Crippen molar-refractivity contribution >= 4 is 17.0 Å². The van der Waals surface area contributed by atoms with Gasteiger partial charge in [0.05, 0.1) is 11.7 Å². The monoisotopic (exact) mass is 228 g/mol. The second kappa shape index (κ2) is 4.34. The van der Waals surface area contributed by atoms with Gasteiger partial charge in [0.2, 0.25) is 0 Å². The quantitative estimate of drug-likeness (QED) is 0.788. The minimum atomic E-state index is 0.0984. The Morgan fingerprint density at radius 1 is 1.41 bits per heavy atom. The first-order valence-electron chi connectivity index (χ1n) is 6.10. The number of benzene rings is 1. The van der Waals surface area contributed by atoms with E-state index in [1.807, 2.05) is 23.0 Å². The third-order valence-electron chi connectivity index (χ3n) is 3.32. The first-order valence-corrected chi connectivity index (χ1v) is 6.10. The Kier molecular flexibility index (Phi) is 2.69. The third kappa shape index (κ3) is 1.76. The van der Waals surface area contributed by atoms with Crippen LogP contribution in [0.4, 0.5) is 0 Å². The fourth-order valence-electron chi connectivity index (χ4n) is 2.42. The topological polar surface area (TPSA) is 27.1 Å². The second-order valence-corrected chi connectivity index (χ2v) is 4.39. The first kappa shape index (κ1) is 10.5. The summed E-state index contributed by atoms with van der Waals surface area (Å²) in [5.41, 5.74) is 2.26. The maximum atomic E-state index is 5.78. The van der Waals surface area contributed by atoms with Crippen molar-refractivity contribution in [2.24, 2.45) is 0 Å². The van der Waals surface area contributed by atoms with Gasteiger partial charge in [0, 0.05) is 12.0 Å². The summed E-state index contributed by atoms with van der Waals surface area (Å²) in [6, 6.07) is 6.19. The standard InChI is InChI=1S/C14H16N2O/c1-2-11-6-5-7-13-12(11)10-15-16(13)14-8-3-4-9-17-14/h2,5-7,10,14H,1,3-4,8-9H2. The molecule has 0 aliphatic carbocycles.